The molecule has 3 aromatic rings. The second-order valence-corrected chi connectivity index (χ2v) is 4.63. The largest absolute Gasteiger partial charge is 0.434 e. The minimum absolute atomic E-state index is 0.143. The lowest BCUT2D eigenvalue weighted by atomic mass is 10.2. The van der Waals surface area contributed by atoms with Crippen molar-refractivity contribution in [2.24, 2.45) is 0 Å². The number of aliphatic hydroxyl groups excluding tert-OH is 1. The summed E-state index contributed by atoms with van der Waals surface area (Å²) >= 11 is 0. The van der Waals surface area contributed by atoms with Crippen molar-refractivity contribution in [1.29, 1.82) is 0 Å². The van der Waals surface area contributed by atoms with Gasteiger partial charge in [-0.25, -0.2) is 14.4 Å². The molecule has 3 rings (SSSR count). The van der Waals surface area contributed by atoms with Crippen molar-refractivity contribution in [2.75, 3.05) is 0 Å². The first kappa shape index (κ1) is 13.5. The molecule has 0 unspecified atom stereocenters. The lowest BCUT2D eigenvalue weighted by Crippen LogP contribution is -1.98. The van der Waals surface area contributed by atoms with E-state index in [1.807, 2.05) is 31.2 Å². The predicted molar refractivity (Wildman–Crippen MR) is 76.7 cm³/mol. The van der Waals surface area contributed by atoms with Gasteiger partial charge in [0.05, 0.1) is 6.61 Å². The van der Waals surface area contributed by atoms with Crippen molar-refractivity contribution in [3.63, 3.8) is 0 Å². The number of para-hydroxylation sites is 1. The van der Waals surface area contributed by atoms with Crippen LogP contribution >= 0.6 is 0 Å². The maximum atomic E-state index is 14.1. The van der Waals surface area contributed by atoms with Crippen molar-refractivity contribution in [3.8, 4) is 11.6 Å². The van der Waals surface area contributed by atoms with E-state index in [1.165, 1.54) is 12.3 Å². The minimum atomic E-state index is -0.662. The molecule has 5 heteroatoms. The van der Waals surface area contributed by atoms with Crippen LogP contribution in [0.4, 0.5) is 4.39 Å². The fraction of sp³-hybridized carbons (Fsp3) is 0.125. The predicted octanol–water partition coefficient (Wildman–Crippen LogP) is 3.36. The van der Waals surface area contributed by atoms with Gasteiger partial charge < -0.3 is 9.84 Å². The number of pyridine rings is 2. The number of benzene rings is 1. The summed E-state index contributed by atoms with van der Waals surface area (Å²) in [7, 11) is 0. The Kier molecular flexibility index (Phi) is 3.50. The van der Waals surface area contributed by atoms with Gasteiger partial charge >= 0.3 is 0 Å². The number of nitrogens with zero attached hydrogens (tertiary/aromatic N) is 2. The molecule has 0 aliphatic carbocycles. The molecule has 0 saturated heterocycles. The maximum Gasteiger partial charge on any atom is 0.256 e. The number of rotatable bonds is 3. The van der Waals surface area contributed by atoms with Crippen LogP contribution in [0.3, 0.4) is 0 Å². The highest BCUT2D eigenvalue weighted by Crippen LogP contribution is 2.29. The average Bonchev–Trinajstić information content (AvgIpc) is 2.50. The van der Waals surface area contributed by atoms with Gasteiger partial charge in [-0.1, -0.05) is 18.2 Å². The van der Waals surface area contributed by atoms with Crippen molar-refractivity contribution < 1.29 is 14.2 Å². The van der Waals surface area contributed by atoms with Crippen LogP contribution in [-0.4, -0.2) is 15.1 Å². The highest BCUT2D eigenvalue weighted by atomic mass is 19.1. The molecule has 0 bridgehead atoms. The molecule has 0 fully saturated rings. The zero-order chi connectivity index (χ0) is 14.8. The van der Waals surface area contributed by atoms with Crippen molar-refractivity contribution in [1.82, 2.24) is 9.97 Å². The van der Waals surface area contributed by atoms with E-state index in [1.54, 1.807) is 6.07 Å². The third-order valence-corrected chi connectivity index (χ3v) is 3.14. The third kappa shape index (κ3) is 2.55. The maximum absolute atomic E-state index is 14.1. The van der Waals surface area contributed by atoms with Gasteiger partial charge in [0.15, 0.2) is 11.6 Å². The van der Waals surface area contributed by atoms with Crippen LogP contribution in [0, 0.1) is 12.7 Å². The molecule has 2 heterocycles. The Hall–Kier alpha value is -2.53. The zero-order valence-electron chi connectivity index (χ0n) is 11.4. The van der Waals surface area contributed by atoms with Gasteiger partial charge in [0.25, 0.3) is 5.88 Å². The van der Waals surface area contributed by atoms with E-state index in [-0.39, 0.29) is 11.4 Å². The van der Waals surface area contributed by atoms with Crippen LogP contribution in [-0.2, 0) is 6.61 Å². The molecule has 0 aliphatic rings. The number of hydrogen-bond acceptors (Lipinski definition) is 4. The van der Waals surface area contributed by atoms with Gasteiger partial charge in [-0.2, -0.15) is 0 Å². The van der Waals surface area contributed by atoms with E-state index in [4.69, 9.17) is 9.84 Å². The van der Waals surface area contributed by atoms with Crippen LogP contribution in [0.15, 0.2) is 42.6 Å². The number of ether oxygens (including phenoxy) is 1. The van der Waals surface area contributed by atoms with Crippen molar-refractivity contribution >= 4 is 10.9 Å². The van der Waals surface area contributed by atoms with E-state index in [2.05, 4.69) is 9.97 Å². The molecule has 0 atom stereocenters. The molecular weight excluding hydrogens is 271 g/mol. The molecule has 0 radical (unpaired) electrons. The molecule has 0 amide bonds. The Labute approximate surface area is 120 Å². The smallest absolute Gasteiger partial charge is 0.256 e. The summed E-state index contributed by atoms with van der Waals surface area (Å²) in [6.45, 7) is 1.47. The summed E-state index contributed by atoms with van der Waals surface area (Å²) in [6.07, 6.45) is 1.40. The summed E-state index contributed by atoms with van der Waals surface area (Å²) in [5, 5.41) is 9.98. The summed E-state index contributed by atoms with van der Waals surface area (Å²) in [4.78, 5) is 8.29. The number of halogens is 1. The van der Waals surface area contributed by atoms with E-state index < -0.39 is 12.4 Å². The first-order chi connectivity index (χ1) is 10.2. The number of fused-ring (bicyclic) bond motifs is 1. The van der Waals surface area contributed by atoms with E-state index in [9.17, 15) is 4.39 Å². The Morgan fingerprint density at radius 3 is 2.86 bits per heavy atom. The Morgan fingerprint density at radius 1 is 1.19 bits per heavy atom. The van der Waals surface area contributed by atoms with Gasteiger partial charge in [-0.15, -0.1) is 0 Å². The van der Waals surface area contributed by atoms with E-state index in [0.717, 1.165) is 11.1 Å². The van der Waals surface area contributed by atoms with E-state index >= 15 is 0 Å². The van der Waals surface area contributed by atoms with Crippen LogP contribution in [0.5, 0.6) is 11.6 Å². The summed E-state index contributed by atoms with van der Waals surface area (Å²) < 4.78 is 19.6. The molecule has 21 heavy (non-hydrogen) atoms. The van der Waals surface area contributed by atoms with Gasteiger partial charge in [0.2, 0.25) is 0 Å². The summed E-state index contributed by atoms with van der Waals surface area (Å²) in [5.74, 6) is -0.403. The number of aliphatic hydroxyl groups is 1. The fourth-order valence-electron chi connectivity index (χ4n) is 2.06. The first-order valence-electron chi connectivity index (χ1n) is 6.47. The Balaban J connectivity index is 2.08. The second-order valence-electron chi connectivity index (χ2n) is 4.63. The van der Waals surface area contributed by atoms with Gasteiger partial charge in [-0.3, -0.25) is 0 Å². The van der Waals surface area contributed by atoms with Gasteiger partial charge in [-0.05, 0) is 25.1 Å². The average molecular weight is 284 g/mol. The second kappa shape index (κ2) is 5.46. The Morgan fingerprint density at radius 2 is 2.05 bits per heavy atom. The molecule has 4 nitrogen and oxygen atoms in total. The van der Waals surface area contributed by atoms with Gasteiger partial charge in [0.1, 0.15) is 5.52 Å². The molecule has 106 valence electrons. The van der Waals surface area contributed by atoms with Crippen LogP contribution in [0.1, 0.15) is 11.3 Å². The molecule has 1 aromatic carbocycles. The van der Waals surface area contributed by atoms with Gasteiger partial charge in [0, 0.05) is 22.8 Å². The Bertz CT molecular complexity index is 805. The number of aromatic nitrogens is 2. The molecule has 0 spiro atoms. The standard InChI is InChI=1S/C16H13FN2O2/c1-10-5-6-11-3-2-4-13(15(11)19-10)21-16-14(17)12(9-20)7-8-18-16/h2-8,20H,9H2,1H3. The number of aryl methyl sites for hydroxylation is 1. The fourth-order valence-corrected chi connectivity index (χ4v) is 2.06. The third-order valence-electron chi connectivity index (χ3n) is 3.14. The summed E-state index contributed by atoms with van der Waals surface area (Å²) in [6, 6.07) is 10.7. The van der Waals surface area contributed by atoms with Crippen LogP contribution < -0.4 is 4.74 Å². The quantitative estimate of drug-likeness (QED) is 0.801. The zero-order valence-corrected chi connectivity index (χ0v) is 11.4. The van der Waals surface area contributed by atoms with Crippen LogP contribution in [0.25, 0.3) is 10.9 Å². The topological polar surface area (TPSA) is 55.2 Å². The molecule has 1 N–H and O–H groups in total. The number of hydrogen-bond donors (Lipinski definition) is 1. The monoisotopic (exact) mass is 284 g/mol. The normalized spacial score (nSPS) is 10.8. The molecular formula is C16H13FN2O2. The van der Waals surface area contributed by atoms with Crippen LogP contribution in [0.2, 0.25) is 0 Å². The lowest BCUT2D eigenvalue weighted by Gasteiger charge is -2.10. The lowest BCUT2D eigenvalue weighted by molar-refractivity contribution is 0.273. The molecule has 2 aromatic heterocycles. The van der Waals surface area contributed by atoms with Crippen molar-refractivity contribution in [3.05, 3.63) is 59.7 Å². The first-order valence-corrected chi connectivity index (χ1v) is 6.47. The summed E-state index contributed by atoms with van der Waals surface area (Å²) in [5.41, 5.74) is 1.63. The minimum Gasteiger partial charge on any atom is -0.434 e. The van der Waals surface area contributed by atoms with E-state index in [0.29, 0.717) is 11.3 Å². The molecule has 0 saturated carbocycles. The highest BCUT2D eigenvalue weighted by Gasteiger charge is 2.13. The molecule has 0 aliphatic heterocycles. The SMILES string of the molecule is Cc1ccc2cccc(Oc3nccc(CO)c3F)c2n1. The highest BCUT2D eigenvalue weighted by molar-refractivity contribution is 5.84. The van der Waals surface area contributed by atoms with Crippen molar-refractivity contribution in [2.45, 2.75) is 13.5 Å².